The van der Waals surface area contributed by atoms with Gasteiger partial charge in [-0.2, -0.15) is 0 Å². The summed E-state index contributed by atoms with van der Waals surface area (Å²) in [5, 5.41) is 7.29. The molecule has 0 fully saturated rings. The molecule has 1 aromatic heterocycles. The molecule has 4 heteroatoms. The third-order valence-corrected chi connectivity index (χ3v) is 1.22. The molecule has 0 saturated carbocycles. The van der Waals surface area contributed by atoms with E-state index in [1.807, 2.05) is 6.92 Å². The van der Waals surface area contributed by atoms with E-state index in [4.69, 9.17) is 9.15 Å². The summed E-state index contributed by atoms with van der Waals surface area (Å²) in [5.41, 5.74) is 0. The summed E-state index contributed by atoms with van der Waals surface area (Å²) >= 11 is 0. The van der Waals surface area contributed by atoms with E-state index in [-0.39, 0.29) is 5.92 Å². The number of nitrogens with zero attached hydrogens (tertiary/aromatic N) is 2. The summed E-state index contributed by atoms with van der Waals surface area (Å²) in [7, 11) is 1.65. The zero-order valence-corrected chi connectivity index (χ0v) is 6.07. The van der Waals surface area contributed by atoms with E-state index in [1.165, 1.54) is 6.39 Å². The maximum Gasteiger partial charge on any atom is 0.221 e. The number of hydrogen-bond donors (Lipinski definition) is 0. The van der Waals surface area contributed by atoms with Gasteiger partial charge in [0.05, 0.1) is 12.5 Å². The van der Waals surface area contributed by atoms with E-state index in [0.717, 1.165) is 0 Å². The fourth-order valence-corrected chi connectivity index (χ4v) is 0.718. The lowest BCUT2D eigenvalue weighted by Gasteiger charge is -2.02. The van der Waals surface area contributed by atoms with E-state index in [9.17, 15) is 0 Å². The van der Waals surface area contributed by atoms with Crippen LogP contribution in [0, 0.1) is 0 Å². The van der Waals surface area contributed by atoms with Crippen LogP contribution in [0.3, 0.4) is 0 Å². The Balaban J connectivity index is 2.50. The van der Waals surface area contributed by atoms with Crippen LogP contribution in [0.1, 0.15) is 18.7 Å². The lowest BCUT2D eigenvalue weighted by atomic mass is 10.2. The van der Waals surface area contributed by atoms with Crippen molar-refractivity contribution >= 4 is 0 Å². The zero-order valence-electron chi connectivity index (χ0n) is 6.07. The Bertz CT molecular complexity index is 174. The van der Waals surface area contributed by atoms with Crippen molar-refractivity contribution in [3.8, 4) is 0 Å². The third-order valence-electron chi connectivity index (χ3n) is 1.22. The highest BCUT2D eigenvalue weighted by Crippen LogP contribution is 2.10. The van der Waals surface area contributed by atoms with Crippen molar-refractivity contribution in [2.75, 3.05) is 13.7 Å². The first kappa shape index (κ1) is 7.21. The van der Waals surface area contributed by atoms with Gasteiger partial charge in [0.1, 0.15) is 0 Å². The van der Waals surface area contributed by atoms with E-state index in [2.05, 4.69) is 10.2 Å². The van der Waals surface area contributed by atoms with Gasteiger partial charge in [-0.05, 0) is 0 Å². The summed E-state index contributed by atoms with van der Waals surface area (Å²) in [4.78, 5) is 0. The highest BCUT2D eigenvalue weighted by molar-refractivity contribution is 4.84. The van der Waals surface area contributed by atoms with Crippen molar-refractivity contribution in [3.05, 3.63) is 12.3 Å². The Labute approximate surface area is 59.2 Å². The number of rotatable bonds is 3. The maximum atomic E-state index is 4.95. The standard InChI is InChI=1S/C6H10N2O2/c1-5(3-9-2)6-8-7-4-10-6/h4-5H,3H2,1-2H3. The SMILES string of the molecule is COCC(C)c1nnco1. The van der Waals surface area contributed by atoms with Gasteiger partial charge in [-0.25, -0.2) is 0 Å². The van der Waals surface area contributed by atoms with Crippen LogP contribution in [0.15, 0.2) is 10.8 Å². The first-order valence-corrected chi connectivity index (χ1v) is 3.09. The van der Waals surface area contributed by atoms with Crippen molar-refractivity contribution in [1.82, 2.24) is 10.2 Å². The van der Waals surface area contributed by atoms with Crippen LogP contribution in [0.2, 0.25) is 0 Å². The minimum absolute atomic E-state index is 0.187. The second-order valence-electron chi connectivity index (χ2n) is 2.13. The van der Waals surface area contributed by atoms with Crippen LogP contribution in [0.5, 0.6) is 0 Å². The van der Waals surface area contributed by atoms with Gasteiger partial charge in [0.25, 0.3) is 0 Å². The van der Waals surface area contributed by atoms with Gasteiger partial charge in [-0.3, -0.25) is 0 Å². The van der Waals surface area contributed by atoms with Crippen LogP contribution >= 0.6 is 0 Å². The van der Waals surface area contributed by atoms with Gasteiger partial charge in [0, 0.05) is 7.11 Å². The molecule has 1 unspecified atom stereocenters. The van der Waals surface area contributed by atoms with Gasteiger partial charge in [0.15, 0.2) is 0 Å². The molecule has 0 radical (unpaired) electrons. The monoisotopic (exact) mass is 142 g/mol. The van der Waals surface area contributed by atoms with Gasteiger partial charge in [0.2, 0.25) is 12.3 Å². The molecule has 0 saturated heterocycles. The average molecular weight is 142 g/mol. The van der Waals surface area contributed by atoms with E-state index >= 15 is 0 Å². The van der Waals surface area contributed by atoms with Crippen LogP contribution < -0.4 is 0 Å². The molecule has 0 N–H and O–H groups in total. The van der Waals surface area contributed by atoms with Gasteiger partial charge < -0.3 is 9.15 Å². The van der Waals surface area contributed by atoms with E-state index in [0.29, 0.717) is 12.5 Å². The fraction of sp³-hybridized carbons (Fsp3) is 0.667. The van der Waals surface area contributed by atoms with Crippen molar-refractivity contribution in [3.63, 3.8) is 0 Å². The van der Waals surface area contributed by atoms with Gasteiger partial charge in [-0.15, -0.1) is 10.2 Å². The summed E-state index contributed by atoms with van der Waals surface area (Å²) in [6.45, 7) is 2.58. The summed E-state index contributed by atoms with van der Waals surface area (Å²) in [5.74, 6) is 0.814. The Hall–Kier alpha value is -0.900. The first-order valence-electron chi connectivity index (χ1n) is 3.09. The Morgan fingerprint density at radius 3 is 3.10 bits per heavy atom. The van der Waals surface area contributed by atoms with E-state index < -0.39 is 0 Å². The Kier molecular flexibility index (Phi) is 2.39. The van der Waals surface area contributed by atoms with Gasteiger partial charge >= 0.3 is 0 Å². The van der Waals surface area contributed by atoms with E-state index in [1.54, 1.807) is 7.11 Å². The third kappa shape index (κ3) is 1.54. The number of hydrogen-bond acceptors (Lipinski definition) is 4. The highest BCUT2D eigenvalue weighted by Gasteiger charge is 2.09. The van der Waals surface area contributed by atoms with Crippen LogP contribution in [0.4, 0.5) is 0 Å². The number of ether oxygens (including phenoxy) is 1. The molecule has 1 rings (SSSR count). The molecule has 0 spiro atoms. The molecule has 0 aliphatic rings. The number of aromatic nitrogens is 2. The predicted octanol–water partition coefficient (Wildman–Crippen LogP) is 0.820. The molecule has 0 aromatic carbocycles. The molecule has 10 heavy (non-hydrogen) atoms. The molecule has 0 bridgehead atoms. The van der Waals surface area contributed by atoms with Gasteiger partial charge in [-0.1, -0.05) is 6.92 Å². The molecule has 1 aromatic rings. The molecule has 0 aliphatic heterocycles. The van der Waals surface area contributed by atoms with Crippen molar-refractivity contribution < 1.29 is 9.15 Å². The average Bonchev–Trinajstić information content (AvgIpc) is 2.38. The minimum atomic E-state index is 0.187. The minimum Gasteiger partial charge on any atom is -0.428 e. The molecule has 1 heterocycles. The van der Waals surface area contributed by atoms with Crippen molar-refractivity contribution in [1.29, 1.82) is 0 Å². The highest BCUT2D eigenvalue weighted by atomic mass is 16.5. The number of methoxy groups -OCH3 is 1. The predicted molar refractivity (Wildman–Crippen MR) is 34.6 cm³/mol. The Morgan fingerprint density at radius 2 is 2.60 bits per heavy atom. The molecule has 56 valence electrons. The molecule has 4 nitrogen and oxygen atoms in total. The van der Waals surface area contributed by atoms with Crippen LogP contribution in [0.25, 0.3) is 0 Å². The molecule has 0 aliphatic carbocycles. The maximum absolute atomic E-state index is 4.95. The summed E-state index contributed by atoms with van der Waals surface area (Å²) in [6, 6.07) is 0. The Morgan fingerprint density at radius 1 is 1.80 bits per heavy atom. The quantitative estimate of drug-likeness (QED) is 0.626. The largest absolute Gasteiger partial charge is 0.428 e. The van der Waals surface area contributed by atoms with Crippen molar-refractivity contribution in [2.45, 2.75) is 12.8 Å². The smallest absolute Gasteiger partial charge is 0.221 e. The molecule has 0 amide bonds. The molecular weight excluding hydrogens is 132 g/mol. The lowest BCUT2D eigenvalue weighted by Crippen LogP contribution is -2.01. The summed E-state index contributed by atoms with van der Waals surface area (Å²) in [6.07, 6.45) is 1.32. The lowest BCUT2D eigenvalue weighted by molar-refractivity contribution is 0.174. The first-order chi connectivity index (χ1) is 4.84. The topological polar surface area (TPSA) is 48.2 Å². The molecule has 1 atom stereocenters. The molecular formula is C6H10N2O2. The summed E-state index contributed by atoms with van der Waals surface area (Å²) < 4.78 is 9.85. The van der Waals surface area contributed by atoms with Crippen molar-refractivity contribution in [2.24, 2.45) is 0 Å². The normalized spacial score (nSPS) is 13.4. The second-order valence-corrected chi connectivity index (χ2v) is 2.13. The second kappa shape index (κ2) is 3.31. The van der Waals surface area contributed by atoms with Crippen LogP contribution in [-0.2, 0) is 4.74 Å². The zero-order chi connectivity index (χ0) is 7.40. The fourth-order valence-electron chi connectivity index (χ4n) is 0.718. The van der Waals surface area contributed by atoms with Crippen LogP contribution in [-0.4, -0.2) is 23.9 Å².